The van der Waals surface area contributed by atoms with Gasteiger partial charge in [0.05, 0.1) is 62.4 Å². The second-order valence-corrected chi connectivity index (χ2v) is 18.8. The normalized spacial score (nSPS) is 51.3. The first-order valence-electron chi connectivity index (χ1n) is 18.9. The van der Waals surface area contributed by atoms with Crippen molar-refractivity contribution in [2.45, 2.75) is 155 Å². The number of carbonyl (C=O) groups excluding carboxylic acids is 1. The lowest BCUT2D eigenvalue weighted by Crippen LogP contribution is -2.60. The highest BCUT2D eigenvalue weighted by Gasteiger charge is 2.84. The zero-order chi connectivity index (χ0) is 33.4. The van der Waals surface area contributed by atoms with Gasteiger partial charge in [0, 0.05) is 18.9 Å². The third-order valence-corrected chi connectivity index (χ3v) is 16.3. The van der Waals surface area contributed by atoms with Crippen LogP contribution < -0.4 is 0 Å². The molecule has 13 atom stereocenters. The molecule has 3 aliphatic heterocycles. The van der Waals surface area contributed by atoms with Gasteiger partial charge in [-0.1, -0.05) is 27.7 Å². The number of aliphatic hydroxyl groups excluding tert-OH is 1. The molecular weight excluding hydrogens is 598 g/mol. The Balaban J connectivity index is 1.01. The van der Waals surface area contributed by atoms with Crippen LogP contribution in [0.4, 0.5) is 0 Å². The number of nitrogens with zero attached hydrogens (tertiary/aromatic N) is 1. The number of fused-ring (bicyclic) bond motifs is 4. The third-order valence-electron chi connectivity index (χ3n) is 16.3. The van der Waals surface area contributed by atoms with Crippen LogP contribution in [0.3, 0.4) is 0 Å². The zero-order valence-electron chi connectivity index (χ0n) is 30.0. The number of hydrogen-bond donors (Lipinski definition) is 2. The Bertz CT molecular complexity index is 1250. The molecule has 3 heterocycles. The lowest BCUT2D eigenvalue weighted by Gasteiger charge is -2.63. The van der Waals surface area contributed by atoms with E-state index in [0.717, 1.165) is 65.0 Å². The van der Waals surface area contributed by atoms with E-state index in [0.29, 0.717) is 23.3 Å². The van der Waals surface area contributed by atoms with Crippen molar-refractivity contribution in [3.8, 4) is 0 Å². The fourth-order valence-electron chi connectivity index (χ4n) is 13.8. The van der Waals surface area contributed by atoms with Crippen LogP contribution in [0.1, 0.15) is 106 Å². The van der Waals surface area contributed by atoms with Crippen LogP contribution >= 0.6 is 0 Å². The van der Waals surface area contributed by atoms with Crippen LogP contribution in [0.25, 0.3) is 0 Å². The highest BCUT2D eigenvalue weighted by atomic mass is 16.7. The molecule has 0 amide bonds. The average molecular weight is 660 g/mol. The van der Waals surface area contributed by atoms with Gasteiger partial charge in [0.2, 0.25) is 0 Å². The minimum Gasteiger partial charge on any atom is -0.457 e. The predicted molar refractivity (Wildman–Crippen MR) is 174 cm³/mol. The van der Waals surface area contributed by atoms with Gasteiger partial charge in [-0.15, -0.1) is 0 Å². The largest absolute Gasteiger partial charge is 0.457 e. The van der Waals surface area contributed by atoms with Gasteiger partial charge in [-0.3, -0.25) is 9.69 Å². The smallest absolute Gasteiger partial charge is 0.303 e. The number of ether oxygens (including phenoxy) is 5. The SMILES string of the molecule is CC(=O)O[C@@H](C1CC[C@H]2C(O1)[C@H](O)[C@@]1(C)C3CCC4C(C)(C)[C@@H](OC5CN(C6COC6)CCO5)CC[C@@]45CC35CC[C@]21C)C(C)(C)O. The summed E-state index contributed by atoms with van der Waals surface area (Å²) < 4.78 is 31.0. The first-order chi connectivity index (χ1) is 22.1. The molecule has 5 aliphatic carbocycles. The average Bonchev–Trinajstić information content (AvgIpc) is 3.61. The van der Waals surface area contributed by atoms with Crippen LogP contribution in [0, 0.1) is 44.8 Å². The topological polar surface area (TPSA) is 107 Å². The maximum absolute atomic E-state index is 12.5. The molecule has 0 aromatic carbocycles. The van der Waals surface area contributed by atoms with Crippen molar-refractivity contribution < 1.29 is 38.7 Å². The summed E-state index contributed by atoms with van der Waals surface area (Å²) in [7, 11) is 0. The van der Waals surface area contributed by atoms with Crippen LogP contribution in [0.2, 0.25) is 0 Å². The van der Waals surface area contributed by atoms with E-state index < -0.39 is 29.9 Å². The van der Waals surface area contributed by atoms with Crippen molar-refractivity contribution in [2.75, 3.05) is 32.9 Å². The fourth-order valence-corrected chi connectivity index (χ4v) is 13.8. The first kappa shape index (κ1) is 33.3. The third kappa shape index (κ3) is 4.54. The van der Waals surface area contributed by atoms with Gasteiger partial charge in [-0.2, -0.15) is 0 Å². The second kappa shape index (κ2) is 10.8. The van der Waals surface area contributed by atoms with Crippen molar-refractivity contribution in [3.05, 3.63) is 0 Å². The summed E-state index contributed by atoms with van der Waals surface area (Å²) in [5.74, 6) is 0.903. The number of aliphatic hydroxyl groups is 2. The molecule has 0 aromatic rings. The Morgan fingerprint density at radius 2 is 1.70 bits per heavy atom. The van der Waals surface area contributed by atoms with Gasteiger partial charge in [0.1, 0.15) is 0 Å². The molecule has 47 heavy (non-hydrogen) atoms. The Hall–Kier alpha value is -0.810. The van der Waals surface area contributed by atoms with Gasteiger partial charge < -0.3 is 33.9 Å². The zero-order valence-corrected chi connectivity index (χ0v) is 30.0. The van der Waals surface area contributed by atoms with Gasteiger partial charge in [0.25, 0.3) is 0 Å². The maximum atomic E-state index is 12.5. The van der Waals surface area contributed by atoms with Crippen molar-refractivity contribution in [1.82, 2.24) is 4.90 Å². The summed E-state index contributed by atoms with van der Waals surface area (Å²) >= 11 is 0. The van der Waals surface area contributed by atoms with Gasteiger partial charge in [-0.25, -0.2) is 0 Å². The van der Waals surface area contributed by atoms with E-state index in [4.69, 9.17) is 23.7 Å². The molecule has 9 nitrogen and oxygen atoms in total. The molecule has 0 bridgehead atoms. The molecule has 266 valence electrons. The molecule has 0 radical (unpaired) electrons. The van der Waals surface area contributed by atoms with E-state index in [1.54, 1.807) is 13.8 Å². The molecule has 8 fully saturated rings. The number of carbonyl (C=O) groups is 1. The Morgan fingerprint density at radius 3 is 2.38 bits per heavy atom. The van der Waals surface area contributed by atoms with E-state index in [-0.39, 0.29) is 46.1 Å². The number of esters is 1. The van der Waals surface area contributed by atoms with Crippen molar-refractivity contribution in [2.24, 2.45) is 44.8 Å². The standard InChI is InChI=1S/C38H61NO8/c1-22(40)45-32(34(4,5)42)25-9-8-24-30(46-25)31(41)36(7)27-11-10-26-33(2,3)28(47-29-18-39(16-17-44-29)23-19-43-20-23)12-13-37(26)21-38(27,37)15-14-35(24,36)6/h23-32,41-42H,8-21H2,1-7H3/t24-,25?,26?,27?,28-,29?,30?,31-,32-,35+,36+,37+,38?/m0/s1. The summed E-state index contributed by atoms with van der Waals surface area (Å²) in [6.45, 7) is 18.7. The molecule has 6 unspecified atom stereocenters. The van der Waals surface area contributed by atoms with E-state index in [9.17, 15) is 15.0 Å². The summed E-state index contributed by atoms with van der Waals surface area (Å²) in [6.07, 6.45) is 7.81. The highest BCUT2D eigenvalue weighted by Crippen LogP contribution is 2.89. The van der Waals surface area contributed by atoms with Crippen molar-refractivity contribution in [3.63, 3.8) is 0 Å². The molecule has 2 N–H and O–H groups in total. The van der Waals surface area contributed by atoms with Crippen LogP contribution in [-0.2, 0) is 28.5 Å². The number of rotatable bonds is 6. The number of morpholine rings is 1. The highest BCUT2D eigenvalue weighted by molar-refractivity contribution is 5.66. The monoisotopic (exact) mass is 659 g/mol. The molecule has 8 rings (SSSR count). The van der Waals surface area contributed by atoms with E-state index in [1.807, 2.05) is 0 Å². The van der Waals surface area contributed by atoms with Crippen LogP contribution in [0.5, 0.6) is 0 Å². The Morgan fingerprint density at radius 1 is 0.979 bits per heavy atom. The lowest BCUT2D eigenvalue weighted by molar-refractivity contribution is -0.256. The minimum absolute atomic E-state index is 0.0221. The van der Waals surface area contributed by atoms with E-state index in [2.05, 4.69) is 32.6 Å². The Labute approximate surface area is 281 Å². The van der Waals surface area contributed by atoms with Crippen molar-refractivity contribution in [1.29, 1.82) is 0 Å². The van der Waals surface area contributed by atoms with Gasteiger partial charge >= 0.3 is 5.97 Å². The molecule has 8 aliphatic rings. The molecular formula is C38H61NO8. The summed E-state index contributed by atoms with van der Waals surface area (Å²) in [4.78, 5) is 14.5. The predicted octanol–water partition coefficient (Wildman–Crippen LogP) is 4.70. The van der Waals surface area contributed by atoms with Crippen LogP contribution in [0.15, 0.2) is 0 Å². The molecule has 3 saturated heterocycles. The van der Waals surface area contributed by atoms with E-state index in [1.165, 1.54) is 32.6 Å². The summed E-state index contributed by atoms with van der Waals surface area (Å²) in [6, 6.07) is 0.510. The van der Waals surface area contributed by atoms with E-state index >= 15 is 0 Å². The van der Waals surface area contributed by atoms with Gasteiger partial charge in [0.15, 0.2) is 12.4 Å². The molecule has 9 heteroatoms. The van der Waals surface area contributed by atoms with Gasteiger partial charge in [-0.05, 0) is 111 Å². The Kier molecular flexibility index (Phi) is 7.70. The fraction of sp³-hybridized carbons (Fsp3) is 0.974. The second-order valence-electron chi connectivity index (χ2n) is 18.8. The lowest BCUT2D eigenvalue weighted by atomic mass is 9.41. The molecule has 2 spiro atoms. The number of hydrogen-bond acceptors (Lipinski definition) is 9. The molecule has 5 saturated carbocycles. The maximum Gasteiger partial charge on any atom is 0.303 e. The minimum atomic E-state index is -1.24. The van der Waals surface area contributed by atoms with Crippen LogP contribution in [-0.4, -0.2) is 102 Å². The quantitative estimate of drug-likeness (QED) is 0.393. The summed E-state index contributed by atoms with van der Waals surface area (Å²) in [5.41, 5.74) is -0.857. The van der Waals surface area contributed by atoms with Crippen molar-refractivity contribution >= 4 is 5.97 Å². The first-order valence-corrected chi connectivity index (χ1v) is 18.9. The molecule has 0 aromatic heterocycles. The summed E-state index contributed by atoms with van der Waals surface area (Å²) in [5, 5.41) is 23.4.